The van der Waals surface area contributed by atoms with E-state index in [0.29, 0.717) is 12.5 Å². The van der Waals surface area contributed by atoms with Crippen molar-refractivity contribution < 1.29 is 4.74 Å². The number of anilines is 1. The number of nitrogens with zero attached hydrogens (tertiary/aromatic N) is 2. The lowest BCUT2D eigenvalue weighted by molar-refractivity contribution is 0.327. The van der Waals surface area contributed by atoms with Crippen LogP contribution in [0.2, 0.25) is 0 Å². The highest BCUT2D eigenvalue weighted by molar-refractivity contribution is 8.14. The van der Waals surface area contributed by atoms with Crippen molar-refractivity contribution in [1.29, 1.82) is 0 Å². The maximum Gasteiger partial charge on any atom is 0.213 e. The normalized spacial score (nSPS) is 17.7. The van der Waals surface area contributed by atoms with Crippen LogP contribution in [-0.2, 0) is 0 Å². The van der Waals surface area contributed by atoms with Crippen molar-refractivity contribution in [3.8, 4) is 5.88 Å². The van der Waals surface area contributed by atoms with Crippen molar-refractivity contribution >= 4 is 22.6 Å². The van der Waals surface area contributed by atoms with E-state index >= 15 is 0 Å². The van der Waals surface area contributed by atoms with Crippen LogP contribution in [0.5, 0.6) is 5.88 Å². The first-order valence-electron chi connectivity index (χ1n) is 5.67. The van der Waals surface area contributed by atoms with Gasteiger partial charge in [-0.2, -0.15) is 0 Å². The van der Waals surface area contributed by atoms with Crippen molar-refractivity contribution in [1.82, 2.24) is 4.98 Å². The number of pyridine rings is 1. The molecule has 0 aromatic carbocycles. The Kier molecular flexibility index (Phi) is 3.57. The van der Waals surface area contributed by atoms with Crippen LogP contribution >= 0.6 is 11.8 Å². The molecule has 0 bridgehead atoms. The monoisotopic (exact) mass is 251 g/mol. The van der Waals surface area contributed by atoms with Crippen LogP contribution in [0.4, 0.5) is 5.69 Å². The minimum atomic E-state index is 0.0334. The van der Waals surface area contributed by atoms with Gasteiger partial charge >= 0.3 is 0 Å². The van der Waals surface area contributed by atoms with Gasteiger partial charge in [0.2, 0.25) is 5.88 Å². The highest BCUT2D eigenvalue weighted by Gasteiger charge is 2.25. The number of aliphatic imine (C=N–C) groups is 1. The van der Waals surface area contributed by atoms with Gasteiger partial charge in [-0.15, -0.1) is 0 Å². The van der Waals surface area contributed by atoms with Gasteiger partial charge in [0.15, 0.2) is 5.17 Å². The molecular formula is C12H17N3OS. The summed E-state index contributed by atoms with van der Waals surface area (Å²) in [5.41, 5.74) is 0.975. The summed E-state index contributed by atoms with van der Waals surface area (Å²) < 4.78 is 5.29. The van der Waals surface area contributed by atoms with E-state index in [1.807, 2.05) is 19.1 Å². The molecule has 0 saturated carbocycles. The summed E-state index contributed by atoms with van der Waals surface area (Å²) >= 11 is 1.74. The Balaban J connectivity index is 2.00. The predicted molar refractivity (Wildman–Crippen MR) is 73.0 cm³/mol. The van der Waals surface area contributed by atoms with E-state index in [1.54, 1.807) is 18.0 Å². The largest absolute Gasteiger partial charge is 0.478 e. The maximum atomic E-state index is 5.29. The van der Waals surface area contributed by atoms with E-state index in [0.717, 1.165) is 16.6 Å². The number of hydrogen-bond donors (Lipinski definition) is 1. The van der Waals surface area contributed by atoms with Crippen molar-refractivity contribution in [3.63, 3.8) is 0 Å². The molecule has 92 valence electrons. The van der Waals surface area contributed by atoms with Crippen LogP contribution in [0.25, 0.3) is 0 Å². The third-order valence-corrected chi connectivity index (χ3v) is 3.56. The summed E-state index contributed by atoms with van der Waals surface area (Å²) in [7, 11) is 0. The molecule has 1 aliphatic rings. The molecule has 1 aromatic heterocycles. The van der Waals surface area contributed by atoms with Gasteiger partial charge in [0.05, 0.1) is 24.0 Å². The Morgan fingerprint density at radius 1 is 1.47 bits per heavy atom. The summed E-state index contributed by atoms with van der Waals surface area (Å²) in [6.07, 6.45) is 1.76. The lowest BCUT2D eigenvalue weighted by Gasteiger charge is -2.09. The fourth-order valence-electron chi connectivity index (χ4n) is 1.46. The van der Waals surface area contributed by atoms with E-state index in [1.165, 1.54) is 0 Å². The molecule has 1 N–H and O–H groups in total. The second-order valence-corrected chi connectivity index (χ2v) is 5.43. The molecule has 0 amide bonds. The number of nitrogens with one attached hydrogen (secondary N) is 1. The van der Waals surface area contributed by atoms with Crippen molar-refractivity contribution in [2.24, 2.45) is 4.99 Å². The van der Waals surface area contributed by atoms with Gasteiger partial charge in [-0.25, -0.2) is 4.98 Å². The molecule has 0 spiro atoms. The molecule has 1 aliphatic heterocycles. The van der Waals surface area contributed by atoms with Crippen LogP contribution < -0.4 is 10.1 Å². The molecule has 0 atom stereocenters. The number of aromatic nitrogens is 1. The Morgan fingerprint density at radius 3 is 2.82 bits per heavy atom. The number of ether oxygens (including phenoxy) is 1. The van der Waals surface area contributed by atoms with Gasteiger partial charge in [-0.05, 0) is 26.8 Å². The predicted octanol–water partition coefficient (Wildman–Crippen LogP) is 2.77. The highest BCUT2D eigenvalue weighted by Crippen LogP contribution is 2.27. The molecule has 17 heavy (non-hydrogen) atoms. The number of amidine groups is 1. The average molecular weight is 251 g/mol. The fraction of sp³-hybridized carbons (Fsp3) is 0.500. The SMILES string of the molecule is CCOc1ccc(NC2=NC(C)(C)CS2)cn1. The maximum absolute atomic E-state index is 5.29. The molecule has 5 heteroatoms. The van der Waals surface area contributed by atoms with E-state index in [-0.39, 0.29) is 5.54 Å². The first-order valence-corrected chi connectivity index (χ1v) is 6.66. The van der Waals surface area contributed by atoms with Crippen molar-refractivity contribution in [2.75, 3.05) is 17.7 Å². The Hall–Kier alpha value is -1.23. The molecule has 0 aliphatic carbocycles. The Morgan fingerprint density at radius 2 is 2.29 bits per heavy atom. The van der Waals surface area contributed by atoms with Crippen LogP contribution in [0, 0.1) is 0 Å². The number of hydrogen-bond acceptors (Lipinski definition) is 5. The first-order chi connectivity index (χ1) is 8.09. The van der Waals surface area contributed by atoms with Crippen LogP contribution in [0.3, 0.4) is 0 Å². The summed E-state index contributed by atoms with van der Waals surface area (Å²) in [4.78, 5) is 8.78. The van der Waals surface area contributed by atoms with Crippen molar-refractivity contribution in [3.05, 3.63) is 18.3 Å². The first kappa shape index (κ1) is 12.2. The van der Waals surface area contributed by atoms with Crippen LogP contribution in [0.15, 0.2) is 23.3 Å². The van der Waals surface area contributed by atoms with Gasteiger partial charge in [0.25, 0.3) is 0 Å². The van der Waals surface area contributed by atoms with Gasteiger partial charge in [0.1, 0.15) is 0 Å². The lowest BCUT2D eigenvalue weighted by atomic mass is 10.1. The minimum absolute atomic E-state index is 0.0334. The standard InChI is InChI=1S/C12H17N3OS/c1-4-16-10-6-5-9(7-13-10)14-11-15-12(2,3)8-17-11/h5-7H,4,8H2,1-3H3,(H,14,15). The highest BCUT2D eigenvalue weighted by atomic mass is 32.2. The smallest absolute Gasteiger partial charge is 0.213 e. The zero-order chi connectivity index (χ0) is 12.3. The summed E-state index contributed by atoms with van der Waals surface area (Å²) in [6, 6.07) is 3.81. The minimum Gasteiger partial charge on any atom is -0.478 e. The molecule has 2 heterocycles. The molecule has 1 aromatic rings. The Bertz CT molecular complexity index is 414. The van der Waals surface area contributed by atoms with Gasteiger partial charge in [0, 0.05) is 11.8 Å². The molecule has 0 fully saturated rings. The molecule has 0 unspecified atom stereocenters. The summed E-state index contributed by atoms with van der Waals surface area (Å²) in [5, 5.41) is 4.22. The fourth-order valence-corrected chi connectivity index (χ4v) is 2.52. The zero-order valence-electron chi connectivity index (χ0n) is 10.4. The van der Waals surface area contributed by atoms with Gasteiger partial charge in [-0.3, -0.25) is 4.99 Å². The van der Waals surface area contributed by atoms with E-state index in [4.69, 9.17) is 4.74 Å². The third kappa shape index (κ3) is 3.36. The molecule has 0 radical (unpaired) electrons. The third-order valence-electron chi connectivity index (χ3n) is 2.25. The van der Waals surface area contributed by atoms with Gasteiger partial charge in [-0.1, -0.05) is 11.8 Å². The number of thioether (sulfide) groups is 1. The van der Waals surface area contributed by atoms with E-state index in [2.05, 4.69) is 29.1 Å². The topological polar surface area (TPSA) is 46.5 Å². The average Bonchev–Trinajstić information content (AvgIpc) is 2.61. The van der Waals surface area contributed by atoms with Gasteiger partial charge < -0.3 is 10.1 Å². The summed E-state index contributed by atoms with van der Waals surface area (Å²) in [6.45, 7) is 6.84. The summed E-state index contributed by atoms with van der Waals surface area (Å²) in [5.74, 6) is 1.67. The van der Waals surface area contributed by atoms with Crippen molar-refractivity contribution in [2.45, 2.75) is 26.3 Å². The van der Waals surface area contributed by atoms with E-state index in [9.17, 15) is 0 Å². The second-order valence-electron chi connectivity index (χ2n) is 4.46. The Labute approximate surface area is 106 Å². The van der Waals surface area contributed by atoms with Crippen LogP contribution in [0.1, 0.15) is 20.8 Å². The zero-order valence-corrected chi connectivity index (χ0v) is 11.2. The molecule has 4 nitrogen and oxygen atoms in total. The van der Waals surface area contributed by atoms with E-state index < -0.39 is 0 Å². The second kappa shape index (κ2) is 4.96. The lowest BCUT2D eigenvalue weighted by Crippen LogP contribution is -2.15. The molecule has 0 saturated heterocycles. The number of rotatable bonds is 3. The quantitative estimate of drug-likeness (QED) is 0.897. The van der Waals surface area contributed by atoms with Crippen LogP contribution in [-0.4, -0.2) is 28.1 Å². The molecular weight excluding hydrogens is 234 g/mol. The molecule has 2 rings (SSSR count).